The van der Waals surface area contributed by atoms with Crippen LogP contribution >= 0.6 is 0 Å². The number of amides is 2. The molecule has 20 heavy (non-hydrogen) atoms. The molecule has 0 radical (unpaired) electrons. The topological polar surface area (TPSA) is 72.6 Å². The summed E-state index contributed by atoms with van der Waals surface area (Å²) >= 11 is 0. The van der Waals surface area contributed by atoms with E-state index >= 15 is 0 Å². The molecule has 0 fully saturated rings. The number of alkyl halides is 3. The fraction of sp³-hybridized carbons (Fsp3) is 0.333. The van der Waals surface area contributed by atoms with Crippen LogP contribution < -0.4 is 10.6 Å². The van der Waals surface area contributed by atoms with Gasteiger partial charge in [0.15, 0.2) is 0 Å². The highest BCUT2D eigenvalue weighted by Gasteiger charge is 2.37. The standard InChI is InChI=1S/C12H11F3N2O3/c1-5-7-3-6(12(13,14)15)4-8(10(16)18)9(7)17(2)11(19)20-5/h3-5H,1-2H3,(H2,16,18). The second-order valence-corrected chi connectivity index (χ2v) is 4.41. The molecule has 0 spiro atoms. The fourth-order valence-electron chi connectivity index (χ4n) is 2.08. The van der Waals surface area contributed by atoms with Crippen LogP contribution in [0.3, 0.4) is 0 Å². The normalized spacial score (nSPS) is 18.6. The predicted octanol–water partition coefficient (Wildman–Crippen LogP) is 2.45. The minimum Gasteiger partial charge on any atom is -0.441 e. The van der Waals surface area contributed by atoms with Crippen LogP contribution in [0.25, 0.3) is 0 Å². The van der Waals surface area contributed by atoms with Crippen LogP contribution in [-0.2, 0) is 10.9 Å². The highest BCUT2D eigenvalue weighted by atomic mass is 19.4. The van der Waals surface area contributed by atoms with Gasteiger partial charge >= 0.3 is 12.3 Å². The van der Waals surface area contributed by atoms with E-state index in [2.05, 4.69) is 0 Å². The van der Waals surface area contributed by atoms with Gasteiger partial charge in [-0.2, -0.15) is 13.2 Å². The van der Waals surface area contributed by atoms with Crippen LogP contribution in [0, 0.1) is 0 Å². The highest BCUT2D eigenvalue weighted by Crippen LogP contribution is 2.41. The summed E-state index contributed by atoms with van der Waals surface area (Å²) in [7, 11) is 1.30. The van der Waals surface area contributed by atoms with Crippen molar-refractivity contribution in [3.63, 3.8) is 0 Å². The van der Waals surface area contributed by atoms with Gasteiger partial charge in [-0.3, -0.25) is 9.69 Å². The average molecular weight is 288 g/mol. The van der Waals surface area contributed by atoms with Crippen molar-refractivity contribution in [2.24, 2.45) is 5.73 Å². The number of rotatable bonds is 1. The molecule has 0 aliphatic carbocycles. The molecule has 2 rings (SSSR count). The van der Waals surface area contributed by atoms with E-state index < -0.39 is 29.8 Å². The molecule has 1 aliphatic heterocycles. The van der Waals surface area contributed by atoms with Gasteiger partial charge in [-0.25, -0.2) is 4.79 Å². The van der Waals surface area contributed by atoms with Crippen molar-refractivity contribution in [1.29, 1.82) is 0 Å². The molecule has 0 saturated heterocycles. The first-order valence-corrected chi connectivity index (χ1v) is 5.62. The molecule has 2 N–H and O–H groups in total. The van der Waals surface area contributed by atoms with Gasteiger partial charge in [-0.1, -0.05) is 0 Å². The second kappa shape index (κ2) is 4.39. The third kappa shape index (κ3) is 2.17. The lowest BCUT2D eigenvalue weighted by atomic mass is 9.97. The molecule has 2 amide bonds. The number of hydrogen-bond acceptors (Lipinski definition) is 3. The molecule has 8 heteroatoms. The van der Waals surface area contributed by atoms with Gasteiger partial charge in [-0.05, 0) is 19.1 Å². The Morgan fingerprint density at radius 3 is 2.50 bits per heavy atom. The third-order valence-corrected chi connectivity index (χ3v) is 3.06. The van der Waals surface area contributed by atoms with E-state index in [-0.39, 0.29) is 16.8 Å². The Balaban J connectivity index is 2.76. The van der Waals surface area contributed by atoms with Gasteiger partial charge in [0.2, 0.25) is 0 Å². The van der Waals surface area contributed by atoms with Gasteiger partial charge < -0.3 is 10.5 Å². The largest absolute Gasteiger partial charge is 0.441 e. The zero-order valence-corrected chi connectivity index (χ0v) is 10.6. The van der Waals surface area contributed by atoms with Crippen LogP contribution in [0.15, 0.2) is 12.1 Å². The molecule has 1 heterocycles. The summed E-state index contributed by atoms with van der Waals surface area (Å²) in [5, 5.41) is 0. The lowest BCUT2D eigenvalue weighted by Gasteiger charge is -2.32. The molecule has 1 aliphatic rings. The Labute approximate surface area is 112 Å². The highest BCUT2D eigenvalue weighted by molar-refractivity contribution is 6.04. The van der Waals surface area contributed by atoms with E-state index in [4.69, 9.17) is 10.5 Å². The number of carbonyl (C=O) groups is 2. The maximum atomic E-state index is 12.8. The number of benzene rings is 1. The molecule has 1 atom stereocenters. The van der Waals surface area contributed by atoms with E-state index in [1.807, 2.05) is 0 Å². The van der Waals surface area contributed by atoms with E-state index in [0.29, 0.717) is 6.07 Å². The first-order chi connectivity index (χ1) is 9.12. The maximum absolute atomic E-state index is 12.8. The minimum absolute atomic E-state index is 0.0502. The predicted molar refractivity (Wildman–Crippen MR) is 63.3 cm³/mol. The molecular weight excluding hydrogens is 277 g/mol. The summed E-state index contributed by atoms with van der Waals surface area (Å²) in [5.74, 6) is -1.04. The van der Waals surface area contributed by atoms with Crippen molar-refractivity contribution in [1.82, 2.24) is 0 Å². The van der Waals surface area contributed by atoms with E-state index in [1.165, 1.54) is 14.0 Å². The number of fused-ring (bicyclic) bond motifs is 1. The Morgan fingerprint density at radius 2 is 2.00 bits per heavy atom. The molecular formula is C12H11F3N2O3. The smallest absolute Gasteiger partial charge is 0.416 e. The van der Waals surface area contributed by atoms with Crippen molar-refractivity contribution in [3.8, 4) is 0 Å². The van der Waals surface area contributed by atoms with Gasteiger partial charge in [0, 0.05) is 12.6 Å². The molecule has 108 valence electrons. The van der Waals surface area contributed by atoms with E-state index in [1.54, 1.807) is 0 Å². The van der Waals surface area contributed by atoms with Crippen LogP contribution in [0.2, 0.25) is 0 Å². The Bertz CT molecular complexity index is 598. The first-order valence-electron chi connectivity index (χ1n) is 5.62. The summed E-state index contributed by atoms with van der Waals surface area (Å²) in [6.07, 6.45) is -6.28. The molecule has 1 unspecified atom stereocenters. The Kier molecular flexibility index (Phi) is 3.11. The molecule has 0 aromatic heterocycles. The summed E-state index contributed by atoms with van der Waals surface area (Å²) in [5.41, 5.74) is 3.89. The monoisotopic (exact) mass is 288 g/mol. The van der Waals surface area contributed by atoms with Crippen LogP contribution in [0.1, 0.15) is 34.5 Å². The molecule has 0 bridgehead atoms. The number of cyclic esters (lactones) is 1. The second-order valence-electron chi connectivity index (χ2n) is 4.41. The Hall–Kier alpha value is -2.25. The number of nitrogens with zero attached hydrogens (tertiary/aromatic N) is 1. The number of carbonyl (C=O) groups excluding carboxylic acids is 2. The van der Waals surface area contributed by atoms with Gasteiger partial charge in [-0.15, -0.1) is 0 Å². The van der Waals surface area contributed by atoms with Gasteiger partial charge in [0.05, 0.1) is 16.8 Å². The number of halogens is 3. The molecule has 1 aromatic rings. The zero-order chi connectivity index (χ0) is 15.2. The van der Waals surface area contributed by atoms with Crippen molar-refractivity contribution in [3.05, 3.63) is 28.8 Å². The van der Waals surface area contributed by atoms with Crippen molar-refractivity contribution in [2.75, 3.05) is 11.9 Å². The number of nitrogens with two attached hydrogens (primary N) is 1. The van der Waals surface area contributed by atoms with E-state index in [9.17, 15) is 22.8 Å². The van der Waals surface area contributed by atoms with Crippen molar-refractivity contribution in [2.45, 2.75) is 19.2 Å². The minimum atomic E-state index is -4.63. The zero-order valence-electron chi connectivity index (χ0n) is 10.6. The van der Waals surface area contributed by atoms with Crippen molar-refractivity contribution >= 4 is 17.7 Å². The number of anilines is 1. The quantitative estimate of drug-likeness (QED) is 0.862. The number of ether oxygens (including phenoxy) is 1. The van der Waals surface area contributed by atoms with Crippen molar-refractivity contribution < 1.29 is 27.5 Å². The number of hydrogen-bond donors (Lipinski definition) is 1. The number of primary amides is 1. The molecule has 5 nitrogen and oxygen atoms in total. The lowest BCUT2D eigenvalue weighted by molar-refractivity contribution is -0.137. The summed E-state index contributed by atoms with van der Waals surface area (Å²) in [6, 6.07) is 1.50. The molecule has 1 aromatic carbocycles. The van der Waals surface area contributed by atoms with Gasteiger partial charge in [0.1, 0.15) is 6.10 Å². The van der Waals surface area contributed by atoms with Crippen LogP contribution in [0.4, 0.5) is 23.7 Å². The van der Waals surface area contributed by atoms with E-state index in [0.717, 1.165) is 11.0 Å². The first kappa shape index (κ1) is 14.2. The summed E-state index contributed by atoms with van der Waals surface area (Å²) in [6.45, 7) is 1.43. The van der Waals surface area contributed by atoms with Crippen LogP contribution in [-0.4, -0.2) is 19.0 Å². The fourth-order valence-corrected chi connectivity index (χ4v) is 2.08. The summed E-state index contributed by atoms with van der Waals surface area (Å²) < 4.78 is 43.4. The molecule has 0 saturated carbocycles. The van der Waals surface area contributed by atoms with Crippen LogP contribution in [0.5, 0.6) is 0 Å². The third-order valence-electron chi connectivity index (χ3n) is 3.06. The lowest BCUT2D eigenvalue weighted by Crippen LogP contribution is -2.36. The maximum Gasteiger partial charge on any atom is 0.416 e. The van der Waals surface area contributed by atoms with Gasteiger partial charge in [0.25, 0.3) is 5.91 Å². The average Bonchev–Trinajstić information content (AvgIpc) is 2.33. The summed E-state index contributed by atoms with van der Waals surface area (Å²) in [4.78, 5) is 23.9. The Morgan fingerprint density at radius 1 is 1.40 bits per heavy atom. The SMILES string of the molecule is CC1OC(=O)N(C)c2c(C(N)=O)cc(C(F)(F)F)cc21.